The summed E-state index contributed by atoms with van der Waals surface area (Å²) in [6, 6.07) is 0. The first-order chi connectivity index (χ1) is 4.00. The van der Waals surface area contributed by atoms with Crippen LogP contribution in [-0.4, -0.2) is 184 Å². The molecule has 0 radical (unpaired) electrons. The molecule has 264 valence electrons. The predicted molar refractivity (Wildman–Crippen MR) is 120 cm³/mol. The molecule has 0 bridgehead atoms. The van der Waals surface area contributed by atoms with E-state index >= 15 is 0 Å². The van der Waals surface area contributed by atoms with Crippen molar-refractivity contribution in [2.45, 2.75) is 0 Å². The Labute approximate surface area is 211 Å². The van der Waals surface area contributed by atoms with Gasteiger partial charge >= 0.3 is 17.4 Å². The topological polar surface area (TPSA) is 949 Å². The van der Waals surface area contributed by atoms with Gasteiger partial charge < -0.3 is 151 Å². The average Bonchev–Trinajstić information content (AvgIpc) is 1.12. The fraction of sp³-hybridized carbons (Fsp3) is 0. The molecule has 0 aromatic carbocycles. The molecule has 33 nitrogen and oxygen atoms in total. The normalized spacial score (nSPS) is 3.22. The minimum Gasteiger partial charge on any atom is -0.759 e. The molecule has 0 aromatic heterocycles. The molecule has 0 saturated heterocycles. The van der Waals surface area contributed by atoms with Gasteiger partial charge in [0.2, 0.25) is 10.4 Å². The fourth-order valence-corrected chi connectivity index (χ4v) is 0. The third-order valence-corrected chi connectivity index (χ3v) is 0. The minimum absolute atomic E-state index is 0. The molecule has 0 aliphatic rings. The van der Waals surface area contributed by atoms with Crippen LogP contribution in [-0.2, 0) is 20.8 Å². The van der Waals surface area contributed by atoms with Crippen LogP contribution in [0, 0.1) is 0 Å². The second kappa shape index (κ2) is 299. The van der Waals surface area contributed by atoms with Gasteiger partial charge in [-0.3, -0.25) is 13.0 Å². The van der Waals surface area contributed by atoms with Crippen molar-refractivity contribution < 1.29 is 166 Å². The van der Waals surface area contributed by atoms with E-state index in [9.17, 15) is 0 Å². The van der Waals surface area contributed by atoms with Crippen LogP contribution in [0.5, 0.6) is 0 Å². The van der Waals surface area contributed by atoms with Gasteiger partial charge in [-0.2, -0.15) is 0 Å². The van der Waals surface area contributed by atoms with E-state index in [0.717, 1.165) is 0 Å². The Balaban J connectivity index is -0.000000000794. The number of hydrogen-bond acceptors (Lipinski definition) is 8. The molecule has 0 heterocycles. The van der Waals surface area contributed by atoms with Gasteiger partial charge in [0.1, 0.15) is 0 Å². The first kappa shape index (κ1) is 783. The maximum Gasteiger partial charge on any atom is 3.00 e. The van der Waals surface area contributed by atoms with Crippen LogP contribution in [0.3, 0.4) is 0 Å². The maximum atomic E-state index is 8.63. The van der Waals surface area contributed by atoms with Crippen LogP contribution in [0.4, 0.5) is 0 Å². The smallest absolute Gasteiger partial charge is 0.759 e. The third-order valence-electron chi connectivity index (χ3n) is 0. The van der Waals surface area contributed by atoms with E-state index in [1.807, 2.05) is 0 Å². The van der Waals surface area contributed by atoms with Crippen molar-refractivity contribution in [2.24, 2.45) is 0 Å². The maximum absolute atomic E-state index is 8.63. The first-order valence-corrected chi connectivity index (χ1v) is 4.05. The summed E-state index contributed by atoms with van der Waals surface area (Å²) in [4.78, 5) is 0. The molecule has 36 heavy (non-hydrogen) atoms. The van der Waals surface area contributed by atoms with E-state index in [-0.39, 0.29) is 155 Å². The van der Waals surface area contributed by atoms with Crippen LogP contribution in [0.2, 0.25) is 0 Å². The van der Waals surface area contributed by atoms with Crippen molar-refractivity contribution in [1.29, 1.82) is 0 Å². The van der Waals surface area contributed by atoms with Gasteiger partial charge in [-0.15, -0.1) is 0 Å². The zero-order valence-electron chi connectivity index (χ0n) is 17.4. The minimum atomic E-state index is -5.17. The summed E-state index contributed by atoms with van der Waals surface area (Å²) in [5.41, 5.74) is 0. The van der Waals surface area contributed by atoms with Crippen LogP contribution < -0.4 is 6.15 Å². The number of rotatable bonds is 0. The molecule has 0 atom stereocenters. The SMILES string of the molecule is N.O.O.O.O.O.O.O.O.O.O.O.O.O.O.O.O.O.O.O.O.O.O.O.O.O=S(=O)([O-])O.O=S(=O)([O-])[O-].[Al+3]. The molecule has 0 rings (SSSR count). The van der Waals surface area contributed by atoms with Crippen LogP contribution >= 0.6 is 0 Å². The van der Waals surface area contributed by atoms with Crippen molar-refractivity contribution in [3.8, 4) is 0 Å². The second-order valence-electron chi connectivity index (χ2n) is 0.836. The molecule has 0 amide bonds. The summed E-state index contributed by atoms with van der Waals surface area (Å²) in [7, 11) is -10.1. The molecule has 0 aliphatic heterocycles. The van der Waals surface area contributed by atoms with Gasteiger partial charge in [0, 0.05) is 10.4 Å². The summed E-state index contributed by atoms with van der Waals surface area (Å²) < 4.78 is 66.9. The van der Waals surface area contributed by atoms with Gasteiger partial charge in [0.25, 0.3) is 0 Å². The molecule has 0 unspecified atom stereocenters. The Hall–Kier alpha value is -0.728. The summed E-state index contributed by atoms with van der Waals surface area (Å²) in [6.07, 6.45) is 0. The molecule has 36 heteroatoms. The molecular weight excluding hydrogens is 617 g/mol. The van der Waals surface area contributed by atoms with Crippen LogP contribution in [0.25, 0.3) is 0 Å². The Morgan fingerprint density at radius 3 is 0.333 bits per heavy atom. The fourth-order valence-electron chi connectivity index (χ4n) is 0. The summed E-state index contributed by atoms with van der Waals surface area (Å²) in [5, 5.41) is 0. The van der Waals surface area contributed by atoms with E-state index in [2.05, 4.69) is 0 Å². The Morgan fingerprint density at radius 1 is 0.333 bits per heavy atom. The van der Waals surface area contributed by atoms with Gasteiger partial charge in [-0.25, -0.2) is 8.42 Å². The van der Waals surface area contributed by atoms with E-state index in [4.69, 9.17) is 35.0 Å². The zero-order valence-corrected chi connectivity index (χ0v) is 20.2. The summed E-state index contributed by atoms with van der Waals surface area (Å²) in [6.45, 7) is 0. The first-order valence-electron chi connectivity index (χ1n) is 1.35. The van der Waals surface area contributed by atoms with Gasteiger partial charge in [0.15, 0.2) is 0 Å². The van der Waals surface area contributed by atoms with Crippen molar-refractivity contribution in [3.63, 3.8) is 0 Å². The van der Waals surface area contributed by atoms with Crippen molar-refractivity contribution >= 4 is 38.2 Å². The van der Waals surface area contributed by atoms with Crippen molar-refractivity contribution in [2.75, 3.05) is 0 Å². The Kier molecular flexibility index (Phi) is 6500. The van der Waals surface area contributed by atoms with E-state index in [1.54, 1.807) is 0 Å². The van der Waals surface area contributed by atoms with Crippen LogP contribution in [0.15, 0.2) is 0 Å². The zero-order chi connectivity index (χ0) is 9.00. The van der Waals surface area contributed by atoms with E-state index in [1.165, 1.54) is 0 Å². The number of hydrogen-bond donors (Lipinski definition) is 2. The molecule has 0 aliphatic carbocycles. The van der Waals surface area contributed by atoms with Gasteiger partial charge in [0.05, 0.1) is 0 Å². The van der Waals surface area contributed by atoms with Gasteiger partial charge in [-0.05, 0) is 0 Å². The average molecular weight is 670 g/mol. The second-order valence-corrected chi connectivity index (χ2v) is 2.51. The molecule has 0 saturated carbocycles. The van der Waals surface area contributed by atoms with E-state index < -0.39 is 20.8 Å². The quantitative estimate of drug-likeness (QED) is 0.140. The van der Waals surface area contributed by atoms with Crippen molar-refractivity contribution in [3.05, 3.63) is 0 Å². The molecule has 0 fully saturated rings. The molecule has 52 N–H and O–H groups in total. The monoisotopic (exact) mass is 669 g/mol. The van der Waals surface area contributed by atoms with Gasteiger partial charge in [-0.1, -0.05) is 0 Å². The summed E-state index contributed by atoms with van der Waals surface area (Å²) >= 11 is 0. The van der Waals surface area contributed by atoms with E-state index in [0.29, 0.717) is 0 Å². The van der Waals surface area contributed by atoms with Crippen molar-refractivity contribution in [1.82, 2.24) is 6.15 Å². The Morgan fingerprint density at radius 2 is 0.333 bits per heavy atom. The molecular formula is H52AlNO32S2. The Bertz CT molecular complexity index is 221. The largest absolute Gasteiger partial charge is 3.00 e. The third kappa shape index (κ3) is 65500. The predicted octanol–water partition coefficient (Wildman–Crippen LogP) is -22.3. The standard InChI is InChI=1S/Al.H3N.2H2O4S.24H2O/c;;2*1-5(2,3)4;;;;;;;;;;;;;;;;;;;;;;;;/h;1H3;2*(H2,1,2,3,4);24*1H2/q+3;;;;;;;;;;;;;;;;;;;;;;;;;;;/p-3. The summed E-state index contributed by atoms with van der Waals surface area (Å²) in [5.74, 6) is 0. The van der Waals surface area contributed by atoms with Crippen LogP contribution in [0.1, 0.15) is 0 Å². The molecule has 0 spiro atoms. The molecule has 0 aromatic rings.